The van der Waals surface area contributed by atoms with Crippen molar-refractivity contribution in [1.29, 1.82) is 10.5 Å². The highest BCUT2D eigenvalue weighted by molar-refractivity contribution is 8.00. The number of thiophene rings is 2. The summed E-state index contributed by atoms with van der Waals surface area (Å²) in [6.45, 7) is 1.68. The van der Waals surface area contributed by atoms with E-state index in [1.807, 2.05) is 17.5 Å². The molecule has 2 aliphatic rings. The van der Waals surface area contributed by atoms with Crippen molar-refractivity contribution in [3.63, 3.8) is 0 Å². The van der Waals surface area contributed by atoms with Gasteiger partial charge in [0.1, 0.15) is 22.2 Å². The van der Waals surface area contributed by atoms with Crippen molar-refractivity contribution in [3.8, 4) is 22.6 Å². The van der Waals surface area contributed by atoms with Gasteiger partial charge in [-0.2, -0.15) is 10.5 Å². The minimum Gasteiger partial charge on any atom is -0.316 e. The highest BCUT2D eigenvalue weighted by Crippen LogP contribution is 2.40. The molecule has 6 nitrogen and oxygen atoms in total. The zero-order valence-electron chi connectivity index (χ0n) is 18.8. The number of hydrogen-bond acceptors (Lipinski definition) is 8. The summed E-state index contributed by atoms with van der Waals surface area (Å²) < 4.78 is 0. The zero-order chi connectivity index (χ0) is 23.7. The Labute approximate surface area is 211 Å². The standard InChI is InChI=1S/C25H23N5OS3/c1-30-9-8-19-18(13-30)23(21-7-4-10-32-21)17(12-27)24(28-19)33-14-22(31)29-25-16(11-26)15-5-2-3-6-20(15)34-25/h4,7,10H,2-3,5-6,8-9,13-14H2,1H3,(H,29,31). The number of anilines is 1. The van der Waals surface area contributed by atoms with Gasteiger partial charge in [-0.3, -0.25) is 4.79 Å². The quantitative estimate of drug-likeness (QED) is 0.479. The number of carbonyl (C=O) groups excluding carboxylic acids is 1. The average molecular weight is 506 g/mol. The number of nitrogens with zero attached hydrogens (tertiary/aromatic N) is 4. The van der Waals surface area contributed by atoms with Crippen molar-refractivity contribution >= 4 is 45.3 Å². The van der Waals surface area contributed by atoms with Gasteiger partial charge in [0.2, 0.25) is 5.91 Å². The summed E-state index contributed by atoms with van der Waals surface area (Å²) in [5, 5.41) is 26.0. The summed E-state index contributed by atoms with van der Waals surface area (Å²) in [7, 11) is 2.08. The van der Waals surface area contributed by atoms with Gasteiger partial charge in [0.25, 0.3) is 0 Å². The number of carbonyl (C=O) groups is 1. The topological polar surface area (TPSA) is 92.8 Å². The third-order valence-corrected chi connectivity index (χ3v) is 9.33. The van der Waals surface area contributed by atoms with Gasteiger partial charge in [-0.25, -0.2) is 4.98 Å². The predicted octanol–water partition coefficient (Wildman–Crippen LogP) is 5.21. The summed E-state index contributed by atoms with van der Waals surface area (Å²) in [5.41, 5.74) is 5.35. The number of amides is 1. The molecule has 0 fully saturated rings. The third-order valence-electron chi connectivity index (χ3n) is 6.26. The van der Waals surface area contributed by atoms with E-state index < -0.39 is 0 Å². The van der Waals surface area contributed by atoms with E-state index in [0.717, 1.165) is 72.5 Å². The van der Waals surface area contributed by atoms with Crippen LogP contribution in [0.2, 0.25) is 0 Å². The highest BCUT2D eigenvalue weighted by atomic mass is 32.2. The molecule has 0 atom stereocenters. The van der Waals surface area contributed by atoms with Gasteiger partial charge in [-0.15, -0.1) is 22.7 Å². The van der Waals surface area contributed by atoms with Crippen molar-refractivity contribution in [2.24, 2.45) is 0 Å². The zero-order valence-corrected chi connectivity index (χ0v) is 21.3. The van der Waals surface area contributed by atoms with E-state index in [-0.39, 0.29) is 11.7 Å². The molecular weight excluding hydrogens is 483 g/mol. The second kappa shape index (κ2) is 9.89. The fourth-order valence-electron chi connectivity index (χ4n) is 4.64. The van der Waals surface area contributed by atoms with Crippen LogP contribution in [0.1, 0.15) is 45.7 Å². The summed E-state index contributed by atoms with van der Waals surface area (Å²) in [5.74, 6) is -0.0431. The Hall–Kier alpha value is -2.69. The van der Waals surface area contributed by atoms with E-state index in [0.29, 0.717) is 21.2 Å². The number of likely N-dealkylation sites (N-methyl/N-ethyl adjacent to an activating group) is 1. The molecule has 34 heavy (non-hydrogen) atoms. The molecule has 9 heteroatoms. The maximum atomic E-state index is 12.9. The van der Waals surface area contributed by atoms with Crippen LogP contribution in [0.4, 0.5) is 5.00 Å². The first kappa shape index (κ1) is 23.1. The van der Waals surface area contributed by atoms with Crippen LogP contribution in [0, 0.1) is 22.7 Å². The van der Waals surface area contributed by atoms with E-state index in [4.69, 9.17) is 4.98 Å². The number of fused-ring (bicyclic) bond motifs is 2. The van der Waals surface area contributed by atoms with E-state index in [1.54, 1.807) is 11.3 Å². The summed E-state index contributed by atoms with van der Waals surface area (Å²) in [6.07, 6.45) is 4.92. The number of nitrogens with one attached hydrogen (secondary N) is 1. The molecule has 0 spiro atoms. The fraction of sp³-hybridized carbons (Fsp3) is 0.360. The normalized spacial score (nSPS) is 15.1. The minimum absolute atomic E-state index is 0.137. The van der Waals surface area contributed by atoms with Gasteiger partial charge in [0, 0.05) is 40.5 Å². The molecule has 4 heterocycles. The lowest BCUT2D eigenvalue weighted by molar-refractivity contribution is -0.113. The van der Waals surface area contributed by atoms with Crippen molar-refractivity contribution in [3.05, 3.63) is 50.3 Å². The van der Waals surface area contributed by atoms with Gasteiger partial charge >= 0.3 is 0 Å². The van der Waals surface area contributed by atoms with Crippen LogP contribution in [0.15, 0.2) is 22.5 Å². The minimum atomic E-state index is -0.180. The average Bonchev–Trinajstić information content (AvgIpc) is 3.49. The monoisotopic (exact) mass is 505 g/mol. The lowest BCUT2D eigenvalue weighted by Crippen LogP contribution is -2.28. The first-order chi connectivity index (χ1) is 16.6. The number of nitriles is 2. The number of aryl methyl sites for hydroxylation is 1. The highest BCUT2D eigenvalue weighted by Gasteiger charge is 2.26. The first-order valence-corrected chi connectivity index (χ1v) is 13.9. The molecule has 0 aromatic carbocycles. The van der Waals surface area contributed by atoms with Crippen LogP contribution < -0.4 is 5.32 Å². The molecule has 0 bridgehead atoms. The van der Waals surface area contributed by atoms with Crippen LogP contribution in [-0.2, 0) is 30.6 Å². The largest absolute Gasteiger partial charge is 0.316 e. The molecule has 1 amide bonds. The van der Waals surface area contributed by atoms with Gasteiger partial charge in [0.15, 0.2) is 0 Å². The molecular formula is C25H23N5OS3. The van der Waals surface area contributed by atoms with E-state index in [2.05, 4.69) is 29.4 Å². The fourth-order valence-corrected chi connectivity index (χ4v) is 7.51. The second-order valence-corrected chi connectivity index (χ2v) is 11.5. The Morgan fingerprint density at radius 3 is 2.79 bits per heavy atom. The van der Waals surface area contributed by atoms with Crippen molar-refractivity contribution in [2.75, 3.05) is 24.7 Å². The Balaban J connectivity index is 1.41. The van der Waals surface area contributed by atoms with Crippen LogP contribution in [0.5, 0.6) is 0 Å². The van der Waals surface area contributed by atoms with Crippen LogP contribution in [0.25, 0.3) is 10.4 Å². The summed E-state index contributed by atoms with van der Waals surface area (Å²) in [4.78, 5) is 22.2. The second-order valence-electron chi connectivity index (χ2n) is 8.53. The summed E-state index contributed by atoms with van der Waals surface area (Å²) in [6, 6.07) is 8.70. The van der Waals surface area contributed by atoms with E-state index in [9.17, 15) is 15.3 Å². The molecule has 0 saturated heterocycles. The van der Waals surface area contributed by atoms with Crippen LogP contribution in [0.3, 0.4) is 0 Å². The predicted molar refractivity (Wildman–Crippen MR) is 137 cm³/mol. The third kappa shape index (κ3) is 4.37. The molecule has 0 saturated carbocycles. The van der Waals surface area contributed by atoms with Crippen LogP contribution >= 0.6 is 34.4 Å². The number of pyridine rings is 1. The SMILES string of the molecule is CN1CCc2nc(SCC(=O)Nc3sc4c(c3C#N)CCCC4)c(C#N)c(-c3cccs3)c2C1. The number of thioether (sulfide) groups is 1. The van der Waals surface area contributed by atoms with Crippen molar-refractivity contribution < 1.29 is 4.79 Å². The Morgan fingerprint density at radius 1 is 1.21 bits per heavy atom. The maximum absolute atomic E-state index is 12.9. The van der Waals surface area contributed by atoms with Crippen molar-refractivity contribution in [1.82, 2.24) is 9.88 Å². The maximum Gasteiger partial charge on any atom is 0.235 e. The number of hydrogen-bond donors (Lipinski definition) is 1. The Morgan fingerprint density at radius 2 is 2.03 bits per heavy atom. The van der Waals surface area contributed by atoms with Crippen molar-refractivity contribution in [2.45, 2.75) is 43.7 Å². The first-order valence-electron chi connectivity index (χ1n) is 11.2. The molecule has 3 aromatic rings. The molecule has 5 rings (SSSR count). The number of rotatable bonds is 5. The van der Waals surface area contributed by atoms with E-state index in [1.165, 1.54) is 28.0 Å². The van der Waals surface area contributed by atoms with Gasteiger partial charge in [-0.05, 0) is 55.3 Å². The molecule has 0 radical (unpaired) electrons. The molecule has 1 aliphatic carbocycles. The van der Waals surface area contributed by atoms with E-state index >= 15 is 0 Å². The molecule has 172 valence electrons. The van der Waals surface area contributed by atoms with Gasteiger partial charge < -0.3 is 10.2 Å². The summed E-state index contributed by atoms with van der Waals surface area (Å²) >= 11 is 4.44. The smallest absolute Gasteiger partial charge is 0.235 e. The lowest BCUT2D eigenvalue weighted by Gasteiger charge is -2.27. The molecule has 3 aromatic heterocycles. The van der Waals surface area contributed by atoms with Gasteiger partial charge in [-0.1, -0.05) is 17.8 Å². The molecule has 1 aliphatic heterocycles. The molecule has 1 N–H and O–H groups in total. The Kier molecular flexibility index (Phi) is 6.71. The van der Waals surface area contributed by atoms with Gasteiger partial charge in [0.05, 0.1) is 16.9 Å². The van der Waals surface area contributed by atoms with Crippen LogP contribution in [-0.4, -0.2) is 35.1 Å². The molecule has 0 unspecified atom stereocenters. The number of aromatic nitrogens is 1. The Bertz CT molecular complexity index is 1330. The lowest BCUT2D eigenvalue weighted by atomic mass is 9.96.